The van der Waals surface area contributed by atoms with Gasteiger partial charge in [-0.25, -0.2) is 9.50 Å². The summed E-state index contributed by atoms with van der Waals surface area (Å²) in [4.78, 5) is 19.0. The first kappa shape index (κ1) is 16.2. The number of rotatable bonds is 4. The summed E-state index contributed by atoms with van der Waals surface area (Å²) in [6.07, 6.45) is 3.42. The second-order valence-corrected chi connectivity index (χ2v) is 6.06. The van der Waals surface area contributed by atoms with Crippen LogP contribution in [0.3, 0.4) is 0 Å². The summed E-state index contributed by atoms with van der Waals surface area (Å²) in [6, 6.07) is 1.94. The Morgan fingerprint density at radius 2 is 1.96 bits per heavy atom. The fraction of sp³-hybridized carbons (Fsp3) is 0.412. The first-order valence-corrected chi connectivity index (χ1v) is 8.01. The molecule has 0 aliphatic heterocycles. The van der Waals surface area contributed by atoms with Crippen LogP contribution in [-0.2, 0) is 13.1 Å². The zero-order valence-electron chi connectivity index (χ0n) is 14.7. The molecule has 0 unspecified atom stereocenters. The Morgan fingerprint density at radius 3 is 2.62 bits per heavy atom. The Kier molecular flexibility index (Phi) is 4.09. The van der Waals surface area contributed by atoms with Crippen molar-refractivity contribution in [3.63, 3.8) is 0 Å². The first-order valence-electron chi connectivity index (χ1n) is 8.01. The van der Waals surface area contributed by atoms with E-state index in [1.54, 1.807) is 22.7 Å². The lowest BCUT2D eigenvalue weighted by atomic mass is 10.2. The molecule has 0 atom stereocenters. The molecule has 0 aromatic carbocycles. The summed E-state index contributed by atoms with van der Waals surface area (Å²) in [5, 5.41) is 8.63. The molecular formula is C17H22N6O. The van der Waals surface area contributed by atoms with Crippen LogP contribution in [0.15, 0.2) is 18.5 Å². The summed E-state index contributed by atoms with van der Waals surface area (Å²) < 4.78 is 3.63. The molecule has 7 heteroatoms. The molecule has 0 N–H and O–H groups in total. The second-order valence-electron chi connectivity index (χ2n) is 6.06. The van der Waals surface area contributed by atoms with Gasteiger partial charge < -0.3 is 4.90 Å². The molecule has 3 aromatic rings. The van der Waals surface area contributed by atoms with Crippen molar-refractivity contribution in [2.75, 3.05) is 7.05 Å². The fourth-order valence-corrected chi connectivity index (χ4v) is 2.91. The van der Waals surface area contributed by atoms with Gasteiger partial charge in [-0.15, -0.1) is 0 Å². The number of hydrogen-bond donors (Lipinski definition) is 0. The van der Waals surface area contributed by atoms with Crippen molar-refractivity contribution in [1.82, 2.24) is 29.3 Å². The second kappa shape index (κ2) is 6.07. The highest BCUT2D eigenvalue weighted by Crippen LogP contribution is 2.16. The third-order valence-electron chi connectivity index (χ3n) is 4.27. The molecule has 1 amide bonds. The van der Waals surface area contributed by atoms with E-state index in [1.165, 1.54) is 0 Å². The number of nitrogens with zero attached hydrogens (tertiary/aromatic N) is 6. The molecule has 3 aromatic heterocycles. The molecule has 0 bridgehead atoms. The van der Waals surface area contributed by atoms with Crippen molar-refractivity contribution in [2.24, 2.45) is 0 Å². The Hall–Kier alpha value is -2.70. The predicted octanol–water partition coefficient (Wildman–Crippen LogP) is 2.14. The zero-order chi connectivity index (χ0) is 17.4. The predicted molar refractivity (Wildman–Crippen MR) is 90.9 cm³/mol. The van der Waals surface area contributed by atoms with E-state index in [4.69, 9.17) is 0 Å². The highest BCUT2D eigenvalue weighted by Gasteiger charge is 2.20. The van der Waals surface area contributed by atoms with Crippen molar-refractivity contribution in [2.45, 2.75) is 40.8 Å². The van der Waals surface area contributed by atoms with Gasteiger partial charge in [0.1, 0.15) is 5.56 Å². The van der Waals surface area contributed by atoms with Gasteiger partial charge in [0.2, 0.25) is 0 Å². The standard InChI is InChI=1S/C17H22N6O/c1-6-22-13(4)14(8-18-22)10-21(5)17(24)15-9-19-23-12(3)7-11(2)20-16(15)23/h7-9H,6,10H2,1-5H3. The van der Waals surface area contributed by atoms with Crippen LogP contribution >= 0.6 is 0 Å². The zero-order valence-corrected chi connectivity index (χ0v) is 14.7. The maximum atomic E-state index is 12.8. The van der Waals surface area contributed by atoms with Gasteiger partial charge >= 0.3 is 0 Å². The molecule has 0 spiro atoms. The van der Waals surface area contributed by atoms with Gasteiger partial charge in [-0.05, 0) is 33.8 Å². The number of hydrogen-bond acceptors (Lipinski definition) is 4. The summed E-state index contributed by atoms with van der Waals surface area (Å²) in [5.74, 6) is -0.0915. The maximum absolute atomic E-state index is 12.8. The quantitative estimate of drug-likeness (QED) is 0.736. The van der Waals surface area contributed by atoms with Crippen LogP contribution in [0.2, 0.25) is 0 Å². The lowest BCUT2D eigenvalue weighted by Gasteiger charge is -2.16. The molecule has 126 valence electrons. The SMILES string of the molecule is CCn1ncc(CN(C)C(=O)c2cnn3c(C)cc(C)nc23)c1C. The van der Waals surface area contributed by atoms with E-state index in [0.717, 1.165) is 29.2 Å². The summed E-state index contributed by atoms with van der Waals surface area (Å²) in [5.41, 5.74) is 5.08. The van der Waals surface area contributed by atoms with Crippen molar-refractivity contribution in [1.29, 1.82) is 0 Å². The van der Waals surface area contributed by atoms with Crippen molar-refractivity contribution in [3.05, 3.63) is 46.7 Å². The van der Waals surface area contributed by atoms with E-state index in [2.05, 4.69) is 15.2 Å². The number of aromatic nitrogens is 5. The van der Waals surface area contributed by atoms with Gasteiger partial charge in [-0.3, -0.25) is 9.48 Å². The molecule has 3 heterocycles. The van der Waals surface area contributed by atoms with Crippen LogP contribution in [0.1, 0.15) is 39.9 Å². The number of aryl methyl sites for hydroxylation is 3. The smallest absolute Gasteiger partial charge is 0.259 e. The number of fused-ring (bicyclic) bond motifs is 1. The van der Waals surface area contributed by atoms with E-state index in [0.29, 0.717) is 17.8 Å². The minimum Gasteiger partial charge on any atom is -0.337 e. The number of carbonyl (C=O) groups is 1. The van der Waals surface area contributed by atoms with Crippen molar-refractivity contribution >= 4 is 11.6 Å². The van der Waals surface area contributed by atoms with Gasteiger partial charge in [0.05, 0.1) is 12.4 Å². The molecule has 0 saturated heterocycles. The molecule has 0 aliphatic carbocycles. The first-order chi connectivity index (χ1) is 11.4. The maximum Gasteiger partial charge on any atom is 0.259 e. The normalized spacial score (nSPS) is 11.2. The van der Waals surface area contributed by atoms with E-state index in [9.17, 15) is 4.79 Å². The molecule has 0 radical (unpaired) electrons. The van der Waals surface area contributed by atoms with Crippen LogP contribution in [0.5, 0.6) is 0 Å². The number of amides is 1. The van der Waals surface area contributed by atoms with Crippen LogP contribution in [0.4, 0.5) is 0 Å². The molecule has 0 saturated carbocycles. The van der Waals surface area contributed by atoms with E-state index in [1.807, 2.05) is 44.6 Å². The Labute approximate surface area is 140 Å². The molecular weight excluding hydrogens is 304 g/mol. The number of carbonyl (C=O) groups excluding carboxylic acids is 1. The average Bonchev–Trinajstić information content (AvgIpc) is 3.11. The fourth-order valence-electron chi connectivity index (χ4n) is 2.91. The van der Waals surface area contributed by atoms with E-state index >= 15 is 0 Å². The van der Waals surface area contributed by atoms with Crippen LogP contribution < -0.4 is 0 Å². The lowest BCUT2D eigenvalue weighted by molar-refractivity contribution is 0.0786. The third-order valence-corrected chi connectivity index (χ3v) is 4.27. The summed E-state index contributed by atoms with van der Waals surface area (Å²) in [7, 11) is 1.79. The molecule has 0 fully saturated rings. The Bertz CT molecular complexity index is 907. The molecule has 24 heavy (non-hydrogen) atoms. The largest absolute Gasteiger partial charge is 0.337 e. The Morgan fingerprint density at radius 1 is 1.21 bits per heavy atom. The van der Waals surface area contributed by atoms with Gasteiger partial charge in [-0.1, -0.05) is 0 Å². The van der Waals surface area contributed by atoms with E-state index < -0.39 is 0 Å². The van der Waals surface area contributed by atoms with Crippen molar-refractivity contribution in [3.8, 4) is 0 Å². The average molecular weight is 326 g/mol. The monoisotopic (exact) mass is 326 g/mol. The summed E-state index contributed by atoms with van der Waals surface area (Å²) >= 11 is 0. The van der Waals surface area contributed by atoms with Crippen molar-refractivity contribution < 1.29 is 4.79 Å². The highest BCUT2D eigenvalue weighted by molar-refractivity contribution is 5.99. The highest BCUT2D eigenvalue weighted by atomic mass is 16.2. The Balaban J connectivity index is 1.90. The molecule has 3 rings (SSSR count). The van der Waals surface area contributed by atoms with Gasteiger partial charge in [0.15, 0.2) is 5.65 Å². The lowest BCUT2D eigenvalue weighted by Crippen LogP contribution is -2.26. The van der Waals surface area contributed by atoms with Gasteiger partial charge in [0.25, 0.3) is 5.91 Å². The summed E-state index contributed by atoms with van der Waals surface area (Å²) in [6.45, 7) is 9.27. The third kappa shape index (κ3) is 2.66. The minimum atomic E-state index is -0.0915. The van der Waals surface area contributed by atoms with Crippen LogP contribution in [0.25, 0.3) is 5.65 Å². The topological polar surface area (TPSA) is 68.3 Å². The molecule has 7 nitrogen and oxygen atoms in total. The van der Waals surface area contributed by atoms with Crippen LogP contribution in [0, 0.1) is 20.8 Å². The van der Waals surface area contributed by atoms with Gasteiger partial charge in [-0.2, -0.15) is 10.2 Å². The van der Waals surface area contributed by atoms with Gasteiger partial charge in [0, 0.05) is 42.8 Å². The minimum absolute atomic E-state index is 0.0915. The van der Waals surface area contributed by atoms with Crippen LogP contribution in [-0.4, -0.2) is 42.2 Å². The molecule has 0 aliphatic rings. The van der Waals surface area contributed by atoms with E-state index in [-0.39, 0.29) is 5.91 Å².